The molecule has 0 fully saturated rings. The summed E-state index contributed by atoms with van der Waals surface area (Å²) in [5, 5.41) is 0. The molecule has 0 aliphatic rings. The lowest BCUT2D eigenvalue weighted by Gasteiger charge is -1.99. The number of hydrogen-bond donors (Lipinski definition) is 1. The van der Waals surface area contributed by atoms with Crippen molar-refractivity contribution in [1.29, 1.82) is 0 Å². The lowest BCUT2D eigenvalue weighted by Crippen LogP contribution is -2.02. The van der Waals surface area contributed by atoms with Gasteiger partial charge in [0, 0.05) is 17.8 Å². The molecule has 0 aliphatic carbocycles. The minimum absolute atomic E-state index is 0.442. The van der Waals surface area contributed by atoms with Crippen molar-refractivity contribution in [3.8, 4) is 0 Å². The number of methoxy groups -OCH3 is 1. The van der Waals surface area contributed by atoms with Gasteiger partial charge >= 0.3 is 0 Å². The van der Waals surface area contributed by atoms with E-state index in [1.807, 2.05) is 6.07 Å². The molecule has 2 aromatic rings. The smallest absolute Gasteiger partial charge is 0.177 e. The van der Waals surface area contributed by atoms with Gasteiger partial charge in [0.2, 0.25) is 0 Å². The number of nitrogens with one attached hydrogen (secondary N) is 1. The van der Waals surface area contributed by atoms with Crippen molar-refractivity contribution < 1.29 is 9.47 Å². The molecule has 0 aliphatic heterocycles. The minimum Gasteiger partial charge on any atom is -0.382 e. The fourth-order valence-electron chi connectivity index (χ4n) is 1.30. The second-order valence-corrected chi connectivity index (χ2v) is 4.17. The summed E-state index contributed by atoms with van der Waals surface area (Å²) >= 11 is 3.36. The summed E-state index contributed by atoms with van der Waals surface area (Å²) in [7, 11) is 1.64. The lowest BCUT2D eigenvalue weighted by molar-refractivity contribution is 0.0590. The molecule has 1 N–H and O–H groups in total. The van der Waals surface area contributed by atoms with Crippen LogP contribution in [0.5, 0.6) is 0 Å². The molecule has 0 radical (unpaired) electrons. The van der Waals surface area contributed by atoms with Gasteiger partial charge in [-0.1, -0.05) is 0 Å². The Labute approximate surface area is 101 Å². The first-order valence-electron chi connectivity index (χ1n) is 4.86. The average molecular weight is 286 g/mol. The van der Waals surface area contributed by atoms with Crippen LogP contribution in [0.4, 0.5) is 0 Å². The predicted molar refractivity (Wildman–Crippen MR) is 63.1 cm³/mol. The van der Waals surface area contributed by atoms with Gasteiger partial charge in [0.1, 0.15) is 12.4 Å². The van der Waals surface area contributed by atoms with Gasteiger partial charge in [-0.05, 0) is 22.0 Å². The standard InChI is InChI=1S/C10H12BrN3O2/c1-15-2-3-16-6-9-13-8-4-7(11)5-12-10(8)14-9/h4-5H,2-3,6H2,1H3,(H,12,13,14). The number of rotatable bonds is 5. The van der Waals surface area contributed by atoms with Crippen LogP contribution in [0.15, 0.2) is 16.7 Å². The van der Waals surface area contributed by atoms with Crippen molar-refractivity contribution in [2.45, 2.75) is 6.61 Å². The predicted octanol–water partition coefficient (Wildman–Crippen LogP) is 1.88. The van der Waals surface area contributed by atoms with E-state index in [2.05, 4.69) is 30.9 Å². The normalized spacial score (nSPS) is 11.1. The topological polar surface area (TPSA) is 60.0 Å². The summed E-state index contributed by atoms with van der Waals surface area (Å²) < 4.78 is 11.2. The summed E-state index contributed by atoms with van der Waals surface area (Å²) in [6.07, 6.45) is 1.72. The Balaban J connectivity index is 2.02. The summed E-state index contributed by atoms with van der Waals surface area (Å²) in [4.78, 5) is 11.6. The number of halogens is 1. The Morgan fingerprint density at radius 1 is 1.44 bits per heavy atom. The Bertz CT molecular complexity index is 472. The Morgan fingerprint density at radius 2 is 2.31 bits per heavy atom. The van der Waals surface area contributed by atoms with E-state index in [0.717, 1.165) is 15.8 Å². The molecule has 0 unspecified atom stereocenters. The summed E-state index contributed by atoms with van der Waals surface area (Å²) in [6, 6.07) is 1.94. The first kappa shape index (κ1) is 11.5. The van der Waals surface area contributed by atoms with Crippen LogP contribution in [0.3, 0.4) is 0 Å². The molecule has 6 heteroatoms. The monoisotopic (exact) mass is 285 g/mol. The molecule has 0 saturated heterocycles. The molecule has 2 heterocycles. The SMILES string of the molecule is COCCOCc1nc2ncc(Br)cc2[nH]1. The van der Waals surface area contributed by atoms with E-state index in [-0.39, 0.29) is 0 Å². The summed E-state index contributed by atoms with van der Waals surface area (Å²) in [5.74, 6) is 0.775. The quantitative estimate of drug-likeness (QED) is 0.853. The molecular formula is C10H12BrN3O2. The minimum atomic E-state index is 0.442. The van der Waals surface area contributed by atoms with Gasteiger partial charge in [-0.2, -0.15) is 0 Å². The molecule has 5 nitrogen and oxygen atoms in total. The molecule has 86 valence electrons. The van der Waals surface area contributed by atoms with Crippen molar-refractivity contribution in [2.75, 3.05) is 20.3 Å². The number of pyridine rings is 1. The number of H-pyrrole nitrogens is 1. The van der Waals surface area contributed by atoms with Crippen LogP contribution in [0.1, 0.15) is 5.82 Å². The lowest BCUT2D eigenvalue weighted by atomic mass is 10.4. The largest absolute Gasteiger partial charge is 0.382 e. The number of hydrogen-bond acceptors (Lipinski definition) is 4. The number of ether oxygens (including phenoxy) is 2. The second kappa shape index (κ2) is 5.38. The molecule has 0 spiro atoms. The van der Waals surface area contributed by atoms with E-state index < -0.39 is 0 Å². The zero-order valence-corrected chi connectivity index (χ0v) is 10.5. The van der Waals surface area contributed by atoms with Crippen LogP contribution in [0.25, 0.3) is 11.2 Å². The fraction of sp³-hybridized carbons (Fsp3) is 0.400. The zero-order valence-electron chi connectivity index (χ0n) is 8.86. The highest BCUT2D eigenvalue weighted by atomic mass is 79.9. The van der Waals surface area contributed by atoms with Gasteiger partial charge in [0.15, 0.2) is 5.65 Å². The van der Waals surface area contributed by atoms with Crippen molar-refractivity contribution >= 4 is 27.1 Å². The molecule has 2 aromatic heterocycles. The Hall–Kier alpha value is -0.980. The first-order valence-corrected chi connectivity index (χ1v) is 5.65. The number of aromatic nitrogens is 3. The molecule has 0 bridgehead atoms. The first-order chi connectivity index (χ1) is 7.79. The van der Waals surface area contributed by atoms with Crippen LogP contribution in [0, 0.1) is 0 Å². The van der Waals surface area contributed by atoms with Gasteiger partial charge in [-0.15, -0.1) is 0 Å². The van der Waals surface area contributed by atoms with Crippen LogP contribution in [-0.2, 0) is 16.1 Å². The van der Waals surface area contributed by atoms with Crippen LogP contribution in [0.2, 0.25) is 0 Å². The number of nitrogens with zero attached hydrogens (tertiary/aromatic N) is 2. The Kier molecular flexibility index (Phi) is 3.87. The van der Waals surface area contributed by atoms with E-state index in [1.54, 1.807) is 13.3 Å². The van der Waals surface area contributed by atoms with Crippen molar-refractivity contribution in [2.24, 2.45) is 0 Å². The third kappa shape index (κ3) is 2.78. The van der Waals surface area contributed by atoms with E-state index in [9.17, 15) is 0 Å². The van der Waals surface area contributed by atoms with E-state index in [1.165, 1.54) is 0 Å². The van der Waals surface area contributed by atoms with E-state index >= 15 is 0 Å². The summed E-state index contributed by atoms with van der Waals surface area (Å²) in [6.45, 7) is 1.59. The van der Waals surface area contributed by atoms with Crippen molar-refractivity contribution in [1.82, 2.24) is 15.0 Å². The fourth-order valence-corrected chi connectivity index (χ4v) is 1.64. The van der Waals surface area contributed by atoms with Gasteiger partial charge in [0.25, 0.3) is 0 Å². The van der Waals surface area contributed by atoms with E-state index in [0.29, 0.717) is 25.5 Å². The molecule has 0 atom stereocenters. The van der Waals surface area contributed by atoms with Crippen molar-refractivity contribution in [3.63, 3.8) is 0 Å². The highest BCUT2D eigenvalue weighted by molar-refractivity contribution is 9.10. The third-order valence-electron chi connectivity index (χ3n) is 2.02. The van der Waals surface area contributed by atoms with Crippen molar-refractivity contribution in [3.05, 3.63) is 22.6 Å². The maximum absolute atomic E-state index is 5.36. The highest BCUT2D eigenvalue weighted by Crippen LogP contribution is 2.15. The molecule has 0 saturated carbocycles. The second-order valence-electron chi connectivity index (χ2n) is 3.25. The number of aromatic amines is 1. The van der Waals surface area contributed by atoms with Gasteiger partial charge in [0.05, 0.1) is 18.7 Å². The molecule has 0 amide bonds. The van der Waals surface area contributed by atoms with Crippen LogP contribution < -0.4 is 0 Å². The summed E-state index contributed by atoms with van der Waals surface area (Å²) in [5.41, 5.74) is 1.60. The maximum atomic E-state index is 5.36. The van der Waals surface area contributed by atoms with Crippen LogP contribution in [-0.4, -0.2) is 35.3 Å². The Morgan fingerprint density at radius 3 is 3.12 bits per heavy atom. The average Bonchev–Trinajstić information content (AvgIpc) is 2.66. The molecule has 2 rings (SSSR count). The highest BCUT2D eigenvalue weighted by Gasteiger charge is 2.04. The van der Waals surface area contributed by atoms with Gasteiger partial charge in [-0.3, -0.25) is 0 Å². The molecular weight excluding hydrogens is 274 g/mol. The molecule has 0 aromatic carbocycles. The van der Waals surface area contributed by atoms with E-state index in [4.69, 9.17) is 9.47 Å². The number of fused-ring (bicyclic) bond motifs is 1. The van der Waals surface area contributed by atoms with Gasteiger partial charge in [-0.25, -0.2) is 9.97 Å². The third-order valence-corrected chi connectivity index (χ3v) is 2.46. The molecule has 16 heavy (non-hydrogen) atoms. The number of imidazole rings is 1. The van der Waals surface area contributed by atoms with Crippen LogP contribution >= 0.6 is 15.9 Å². The maximum Gasteiger partial charge on any atom is 0.177 e. The van der Waals surface area contributed by atoms with Gasteiger partial charge < -0.3 is 14.5 Å². The zero-order chi connectivity index (χ0) is 11.4.